The van der Waals surface area contributed by atoms with Gasteiger partial charge in [-0.15, -0.1) is 0 Å². The number of esters is 1. The molecule has 10 heteroatoms. The van der Waals surface area contributed by atoms with Crippen LogP contribution in [0.2, 0.25) is 0 Å². The second-order valence-electron chi connectivity index (χ2n) is 7.59. The molecule has 0 bridgehead atoms. The zero-order valence-corrected chi connectivity index (χ0v) is 18.4. The van der Waals surface area contributed by atoms with E-state index in [0.717, 1.165) is 12.5 Å². The molecule has 0 fully saturated rings. The van der Waals surface area contributed by atoms with Gasteiger partial charge in [0.25, 0.3) is 5.91 Å². The third kappa shape index (κ3) is 7.81. The highest BCUT2D eigenvalue weighted by molar-refractivity contribution is 5.96. The van der Waals surface area contributed by atoms with E-state index in [4.69, 9.17) is 9.47 Å². The van der Waals surface area contributed by atoms with Crippen molar-refractivity contribution in [3.63, 3.8) is 0 Å². The molecule has 178 valence electrons. The van der Waals surface area contributed by atoms with Gasteiger partial charge >= 0.3 is 5.97 Å². The Labute approximate surface area is 189 Å². The van der Waals surface area contributed by atoms with Gasteiger partial charge in [0.1, 0.15) is 5.75 Å². The van der Waals surface area contributed by atoms with Crippen molar-refractivity contribution in [3.8, 4) is 5.75 Å². The first-order valence-electron chi connectivity index (χ1n) is 10.2. The zero-order valence-electron chi connectivity index (χ0n) is 18.4. The Balaban J connectivity index is 1.80. The Morgan fingerprint density at radius 1 is 0.939 bits per heavy atom. The van der Waals surface area contributed by atoms with Crippen molar-refractivity contribution in [1.29, 1.82) is 0 Å². The van der Waals surface area contributed by atoms with E-state index in [9.17, 15) is 27.6 Å². The predicted octanol–water partition coefficient (Wildman–Crippen LogP) is 3.83. The van der Waals surface area contributed by atoms with Gasteiger partial charge in [-0.3, -0.25) is 9.59 Å². The fourth-order valence-corrected chi connectivity index (χ4v) is 2.51. The molecular weight excluding hydrogens is 441 g/mol. The maximum atomic E-state index is 13.6. The fourth-order valence-electron chi connectivity index (χ4n) is 2.51. The van der Waals surface area contributed by atoms with Gasteiger partial charge in [-0.2, -0.15) is 0 Å². The number of rotatable bonds is 10. The van der Waals surface area contributed by atoms with Crippen molar-refractivity contribution in [1.82, 2.24) is 5.32 Å². The topological polar surface area (TPSA) is 93.7 Å². The lowest BCUT2D eigenvalue weighted by atomic mass is 10.1. The van der Waals surface area contributed by atoms with Crippen LogP contribution in [0.3, 0.4) is 0 Å². The molecule has 1 unspecified atom stereocenters. The summed E-state index contributed by atoms with van der Waals surface area (Å²) in [6, 6.07) is 7.73. The average Bonchev–Trinajstić information content (AvgIpc) is 2.78. The predicted molar refractivity (Wildman–Crippen MR) is 114 cm³/mol. The van der Waals surface area contributed by atoms with Crippen LogP contribution in [0.1, 0.15) is 37.6 Å². The molecule has 0 radical (unpaired) electrons. The van der Waals surface area contributed by atoms with E-state index in [1.807, 2.05) is 5.32 Å². The van der Waals surface area contributed by atoms with Crippen molar-refractivity contribution in [3.05, 3.63) is 59.4 Å². The lowest BCUT2D eigenvalue weighted by molar-refractivity contribution is -0.130. The third-order valence-corrected chi connectivity index (χ3v) is 4.44. The first-order valence-corrected chi connectivity index (χ1v) is 10.2. The van der Waals surface area contributed by atoms with Gasteiger partial charge in [0.2, 0.25) is 5.91 Å². The third-order valence-electron chi connectivity index (χ3n) is 4.44. The monoisotopic (exact) mass is 466 g/mol. The minimum absolute atomic E-state index is 0.206. The summed E-state index contributed by atoms with van der Waals surface area (Å²) in [5.41, 5.74) is -0.373. The summed E-state index contributed by atoms with van der Waals surface area (Å²) in [7, 11) is 0. The highest BCUT2D eigenvalue weighted by Gasteiger charge is 2.20. The minimum atomic E-state index is -1.73. The number of benzene rings is 2. The van der Waals surface area contributed by atoms with E-state index in [-0.39, 0.29) is 5.56 Å². The molecular formula is C23H25F3N2O5. The van der Waals surface area contributed by atoms with E-state index < -0.39 is 53.6 Å². The molecule has 2 amide bonds. The van der Waals surface area contributed by atoms with Crippen LogP contribution in [0.4, 0.5) is 18.9 Å². The molecule has 0 aromatic heterocycles. The van der Waals surface area contributed by atoms with Crippen LogP contribution in [0.5, 0.6) is 5.75 Å². The van der Waals surface area contributed by atoms with E-state index in [1.165, 1.54) is 19.1 Å². The van der Waals surface area contributed by atoms with Crippen LogP contribution in [0, 0.1) is 23.4 Å². The second kappa shape index (κ2) is 11.9. The van der Waals surface area contributed by atoms with Crippen LogP contribution < -0.4 is 15.4 Å². The van der Waals surface area contributed by atoms with Crippen molar-refractivity contribution < 1.29 is 37.0 Å². The minimum Gasteiger partial charge on any atom is -0.494 e. The van der Waals surface area contributed by atoms with Gasteiger partial charge in [0, 0.05) is 0 Å². The lowest BCUT2D eigenvalue weighted by Gasteiger charge is -2.14. The molecule has 0 saturated heterocycles. The largest absolute Gasteiger partial charge is 0.494 e. The molecule has 2 N–H and O–H groups in total. The van der Waals surface area contributed by atoms with Gasteiger partial charge in [-0.1, -0.05) is 13.8 Å². The van der Waals surface area contributed by atoms with Crippen molar-refractivity contribution >= 4 is 23.5 Å². The maximum Gasteiger partial charge on any atom is 0.338 e. The smallest absolute Gasteiger partial charge is 0.338 e. The van der Waals surface area contributed by atoms with E-state index >= 15 is 0 Å². The number of ether oxygens (including phenoxy) is 2. The molecule has 0 aliphatic carbocycles. The summed E-state index contributed by atoms with van der Waals surface area (Å²) in [6.07, 6.45) is -0.336. The summed E-state index contributed by atoms with van der Waals surface area (Å²) >= 11 is 0. The Morgan fingerprint density at radius 2 is 1.61 bits per heavy atom. The molecule has 2 aromatic rings. The Morgan fingerprint density at radius 3 is 2.24 bits per heavy atom. The average molecular weight is 466 g/mol. The van der Waals surface area contributed by atoms with Gasteiger partial charge in [0.05, 0.1) is 24.4 Å². The summed E-state index contributed by atoms with van der Waals surface area (Å²) in [5.74, 6) is -6.01. The number of anilines is 1. The second-order valence-corrected chi connectivity index (χ2v) is 7.59. The number of amides is 2. The van der Waals surface area contributed by atoms with Crippen LogP contribution >= 0.6 is 0 Å². The van der Waals surface area contributed by atoms with Crippen LogP contribution in [-0.2, 0) is 14.3 Å². The first-order chi connectivity index (χ1) is 15.6. The van der Waals surface area contributed by atoms with Crippen LogP contribution in [0.25, 0.3) is 0 Å². The highest BCUT2D eigenvalue weighted by atomic mass is 19.2. The Hall–Kier alpha value is -3.56. The van der Waals surface area contributed by atoms with E-state index in [2.05, 4.69) is 19.2 Å². The summed E-state index contributed by atoms with van der Waals surface area (Å²) < 4.78 is 50.4. The molecule has 33 heavy (non-hydrogen) atoms. The van der Waals surface area contributed by atoms with Crippen molar-refractivity contribution in [2.24, 2.45) is 5.92 Å². The molecule has 2 aromatic carbocycles. The standard InChI is InChI=1S/C23H25F3N2O5/c1-13(2)10-11-32-16-6-4-15(5-7-16)23(31)33-14(3)22(30)27-12-19(29)28-18-9-8-17(24)20(25)21(18)26/h4-9,13-14H,10-12H2,1-3H3,(H,27,30)(H,28,29). The number of halogens is 3. The number of hydrogen-bond donors (Lipinski definition) is 2. The Bertz CT molecular complexity index is 996. The molecule has 1 atom stereocenters. The quantitative estimate of drug-likeness (QED) is 0.410. The van der Waals surface area contributed by atoms with Gasteiger partial charge in [-0.25, -0.2) is 18.0 Å². The fraction of sp³-hybridized carbons (Fsp3) is 0.348. The van der Waals surface area contributed by atoms with E-state index in [1.54, 1.807) is 12.1 Å². The number of carbonyl (C=O) groups excluding carboxylic acids is 3. The Kier molecular flexibility index (Phi) is 9.26. The number of carbonyl (C=O) groups is 3. The molecule has 0 aliphatic heterocycles. The first kappa shape index (κ1) is 25.7. The summed E-state index contributed by atoms with van der Waals surface area (Å²) in [5, 5.41) is 4.22. The molecule has 0 saturated carbocycles. The molecule has 0 heterocycles. The highest BCUT2D eigenvalue weighted by Crippen LogP contribution is 2.19. The van der Waals surface area contributed by atoms with Crippen molar-refractivity contribution in [2.75, 3.05) is 18.5 Å². The van der Waals surface area contributed by atoms with Gasteiger partial charge < -0.3 is 20.1 Å². The maximum absolute atomic E-state index is 13.6. The number of hydrogen-bond acceptors (Lipinski definition) is 5. The van der Waals surface area contributed by atoms with Gasteiger partial charge in [0.15, 0.2) is 23.6 Å². The van der Waals surface area contributed by atoms with Crippen LogP contribution in [-0.4, -0.2) is 37.0 Å². The number of nitrogens with one attached hydrogen (secondary N) is 2. The molecule has 0 aliphatic rings. The lowest BCUT2D eigenvalue weighted by Crippen LogP contribution is -2.40. The zero-order chi connectivity index (χ0) is 24.5. The SMILES string of the molecule is CC(C)CCOc1ccc(C(=O)OC(C)C(=O)NCC(=O)Nc2ccc(F)c(F)c2F)cc1. The summed E-state index contributed by atoms with van der Waals surface area (Å²) in [4.78, 5) is 36.2. The van der Waals surface area contributed by atoms with Crippen molar-refractivity contribution in [2.45, 2.75) is 33.3 Å². The van der Waals surface area contributed by atoms with E-state index in [0.29, 0.717) is 24.3 Å². The van der Waals surface area contributed by atoms with Crippen LogP contribution in [0.15, 0.2) is 36.4 Å². The molecule has 7 nitrogen and oxygen atoms in total. The normalized spacial score (nSPS) is 11.6. The molecule has 0 spiro atoms. The molecule has 2 rings (SSSR count). The van der Waals surface area contributed by atoms with Gasteiger partial charge in [-0.05, 0) is 55.7 Å². The summed E-state index contributed by atoms with van der Waals surface area (Å²) in [6.45, 7) is 5.41.